The van der Waals surface area contributed by atoms with Crippen LogP contribution in [-0.4, -0.2) is 20.9 Å². The molecule has 1 saturated heterocycles. The normalized spacial score (nSPS) is 20.8. The van der Waals surface area contributed by atoms with Crippen molar-refractivity contribution >= 4 is 8.32 Å². The third-order valence-corrected chi connectivity index (χ3v) is 12.0. The predicted molar refractivity (Wildman–Crippen MR) is 107 cm³/mol. The molecule has 1 aromatic rings. The lowest BCUT2D eigenvalue weighted by Crippen LogP contribution is -2.52. The number of nitrogens with one attached hydrogen (secondary N) is 1. The van der Waals surface area contributed by atoms with Gasteiger partial charge in [0.05, 0.1) is 6.10 Å². The van der Waals surface area contributed by atoms with Crippen LogP contribution in [-0.2, 0) is 4.43 Å². The van der Waals surface area contributed by atoms with Crippen LogP contribution in [0.15, 0.2) is 30.3 Å². The summed E-state index contributed by atoms with van der Waals surface area (Å²) in [4.78, 5) is 0. The second-order valence-electron chi connectivity index (χ2n) is 8.32. The molecule has 1 aliphatic heterocycles. The van der Waals surface area contributed by atoms with Crippen LogP contribution < -0.4 is 5.32 Å². The predicted octanol–water partition coefficient (Wildman–Crippen LogP) is 6.06. The molecule has 0 radical (unpaired) electrons. The number of hydrogen-bond acceptors (Lipinski definition) is 2. The quantitative estimate of drug-likeness (QED) is 0.605. The van der Waals surface area contributed by atoms with E-state index in [1.165, 1.54) is 24.8 Å². The molecule has 2 rings (SSSR count). The summed E-state index contributed by atoms with van der Waals surface area (Å²) < 4.78 is 7.22. The van der Waals surface area contributed by atoms with Crippen molar-refractivity contribution < 1.29 is 4.43 Å². The summed E-state index contributed by atoms with van der Waals surface area (Å²) in [6, 6.07) is 11.4. The Morgan fingerprint density at radius 1 is 0.917 bits per heavy atom. The minimum Gasteiger partial charge on any atom is -0.408 e. The average Bonchev–Trinajstić information content (AvgIpc) is 2.56. The minimum atomic E-state index is -1.90. The monoisotopic (exact) mass is 347 g/mol. The largest absolute Gasteiger partial charge is 0.408 e. The number of rotatable bonds is 7. The topological polar surface area (TPSA) is 21.3 Å². The van der Waals surface area contributed by atoms with Crippen molar-refractivity contribution in [2.75, 3.05) is 6.54 Å². The molecule has 2 atom stereocenters. The van der Waals surface area contributed by atoms with Crippen LogP contribution in [0.3, 0.4) is 0 Å². The van der Waals surface area contributed by atoms with Gasteiger partial charge in [0.2, 0.25) is 8.32 Å². The Morgan fingerprint density at radius 2 is 1.50 bits per heavy atom. The van der Waals surface area contributed by atoms with Crippen molar-refractivity contribution in [3.05, 3.63) is 35.9 Å². The molecule has 0 bridgehead atoms. The van der Waals surface area contributed by atoms with Gasteiger partial charge in [-0.2, -0.15) is 0 Å². The van der Waals surface area contributed by atoms with Gasteiger partial charge in [0.15, 0.2) is 0 Å². The van der Waals surface area contributed by atoms with E-state index in [-0.39, 0.29) is 6.10 Å². The fourth-order valence-electron chi connectivity index (χ4n) is 4.79. The second kappa shape index (κ2) is 8.64. The maximum absolute atomic E-state index is 7.22. The Bertz CT molecular complexity index is 458. The Morgan fingerprint density at radius 3 is 1.96 bits per heavy atom. The van der Waals surface area contributed by atoms with Gasteiger partial charge >= 0.3 is 0 Å². The summed E-state index contributed by atoms with van der Waals surface area (Å²) in [5.41, 5.74) is 3.20. The zero-order valence-electron chi connectivity index (χ0n) is 16.5. The first-order valence-corrected chi connectivity index (χ1v) is 12.0. The molecule has 136 valence electrons. The molecule has 0 aliphatic carbocycles. The van der Waals surface area contributed by atoms with E-state index in [4.69, 9.17) is 4.43 Å². The fraction of sp³-hybridized carbons (Fsp3) is 0.714. The Hall–Kier alpha value is -0.643. The smallest absolute Gasteiger partial charge is 0.201 e. The molecule has 0 unspecified atom stereocenters. The lowest BCUT2D eigenvalue weighted by Gasteiger charge is -2.47. The van der Waals surface area contributed by atoms with E-state index in [2.05, 4.69) is 77.2 Å². The maximum Gasteiger partial charge on any atom is 0.201 e. The van der Waals surface area contributed by atoms with Crippen LogP contribution in [0.4, 0.5) is 0 Å². The van der Waals surface area contributed by atoms with Crippen molar-refractivity contribution in [2.24, 2.45) is 0 Å². The van der Waals surface area contributed by atoms with E-state index in [0.29, 0.717) is 22.7 Å². The van der Waals surface area contributed by atoms with Gasteiger partial charge in [-0.15, -0.1) is 0 Å². The van der Waals surface area contributed by atoms with E-state index in [0.717, 1.165) is 6.54 Å². The highest BCUT2D eigenvalue weighted by Gasteiger charge is 2.47. The van der Waals surface area contributed by atoms with Crippen molar-refractivity contribution in [3.8, 4) is 0 Å². The lowest BCUT2D eigenvalue weighted by atomic mass is 9.95. The fourth-order valence-corrected chi connectivity index (χ4v) is 10.3. The molecular weight excluding hydrogens is 310 g/mol. The summed E-state index contributed by atoms with van der Waals surface area (Å²) in [6.07, 6.45) is 4.01. The first kappa shape index (κ1) is 19.7. The molecule has 0 aromatic heterocycles. The van der Waals surface area contributed by atoms with E-state index in [1.807, 2.05) is 0 Å². The Balaban J connectivity index is 2.38. The molecule has 1 aliphatic rings. The van der Waals surface area contributed by atoms with E-state index >= 15 is 0 Å². The van der Waals surface area contributed by atoms with Crippen molar-refractivity contribution in [3.63, 3.8) is 0 Å². The molecule has 24 heavy (non-hydrogen) atoms. The molecule has 3 heteroatoms. The van der Waals surface area contributed by atoms with E-state index < -0.39 is 8.32 Å². The lowest BCUT2D eigenvalue weighted by molar-refractivity contribution is 0.116. The third kappa shape index (κ3) is 4.12. The summed E-state index contributed by atoms with van der Waals surface area (Å²) in [7, 11) is -1.90. The van der Waals surface area contributed by atoms with Gasteiger partial charge in [-0.25, -0.2) is 0 Å². The third-order valence-electron chi connectivity index (χ3n) is 5.88. The van der Waals surface area contributed by atoms with Crippen LogP contribution in [0.1, 0.15) is 72.5 Å². The number of hydrogen-bond donors (Lipinski definition) is 1. The van der Waals surface area contributed by atoms with Gasteiger partial charge < -0.3 is 9.74 Å². The minimum absolute atomic E-state index is 0.186. The Labute approximate surface area is 150 Å². The van der Waals surface area contributed by atoms with Crippen LogP contribution >= 0.6 is 0 Å². The second-order valence-corrected chi connectivity index (χ2v) is 13.7. The van der Waals surface area contributed by atoms with Crippen molar-refractivity contribution in [2.45, 2.75) is 89.6 Å². The summed E-state index contributed by atoms with van der Waals surface area (Å²) in [6.45, 7) is 15.4. The summed E-state index contributed by atoms with van der Waals surface area (Å²) >= 11 is 0. The van der Waals surface area contributed by atoms with Crippen LogP contribution in [0.2, 0.25) is 16.6 Å². The van der Waals surface area contributed by atoms with Crippen molar-refractivity contribution in [1.82, 2.24) is 5.32 Å². The van der Waals surface area contributed by atoms with Gasteiger partial charge in [-0.05, 0) is 41.6 Å². The Kier molecular flexibility index (Phi) is 7.08. The highest BCUT2D eigenvalue weighted by atomic mass is 28.4. The van der Waals surface area contributed by atoms with E-state index in [1.54, 1.807) is 0 Å². The SMILES string of the molecule is CC(C)[Si](O[C@@H](c1ccccc1)[C@H]1CCCCN1)(C(C)C)C(C)C. The van der Waals surface area contributed by atoms with Crippen LogP contribution in [0, 0.1) is 0 Å². The van der Waals surface area contributed by atoms with Gasteiger partial charge in [0, 0.05) is 6.04 Å². The number of piperidine rings is 1. The molecule has 0 spiro atoms. The molecule has 1 aromatic carbocycles. The maximum atomic E-state index is 7.22. The molecule has 0 amide bonds. The number of benzene rings is 1. The van der Waals surface area contributed by atoms with Crippen LogP contribution in [0.5, 0.6) is 0 Å². The molecule has 1 fully saturated rings. The highest BCUT2D eigenvalue weighted by Crippen LogP contribution is 2.46. The van der Waals surface area contributed by atoms with Gasteiger partial charge in [-0.1, -0.05) is 78.3 Å². The summed E-state index contributed by atoms with van der Waals surface area (Å²) in [5, 5.41) is 3.75. The van der Waals surface area contributed by atoms with Gasteiger partial charge in [0.1, 0.15) is 0 Å². The summed E-state index contributed by atoms with van der Waals surface area (Å²) in [5.74, 6) is 0. The van der Waals surface area contributed by atoms with E-state index in [9.17, 15) is 0 Å². The standard InChI is InChI=1S/C21H37NOSi/c1-16(2)24(17(3)4,18(5)6)23-21(19-12-8-7-9-13-19)20-14-10-11-15-22-20/h7-9,12-13,16-18,20-22H,10-11,14-15H2,1-6H3/t20-,21+/m1/s1. The molecule has 1 heterocycles. The zero-order chi connectivity index (χ0) is 17.7. The molecular formula is C21H37NOSi. The first-order chi connectivity index (χ1) is 11.4. The van der Waals surface area contributed by atoms with Crippen LogP contribution in [0.25, 0.3) is 0 Å². The molecule has 0 saturated carbocycles. The zero-order valence-corrected chi connectivity index (χ0v) is 17.5. The first-order valence-electron chi connectivity index (χ1n) is 9.85. The van der Waals surface area contributed by atoms with Crippen molar-refractivity contribution in [1.29, 1.82) is 0 Å². The average molecular weight is 348 g/mol. The van der Waals surface area contributed by atoms with Gasteiger partial charge in [-0.3, -0.25) is 0 Å². The van der Waals surface area contributed by atoms with Gasteiger partial charge in [0.25, 0.3) is 0 Å². The molecule has 2 nitrogen and oxygen atoms in total. The highest BCUT2D eigenvalue weighted by molar-refractivity contribution is 6.77. The molecule has 1 N–H and O–H groups in total.